The largest absolute Gasteiger partial charge is 0.456 e. The highest BCUT2D eigenvalue weighted by atomic mass is 32.2. The van der Waals surface area contributed by atoms with E-state index in [-0.39, 0.29) is 24.1 Å². The molecule has 0 amide bonds. The maximum Gasteiger partial charge on any atom is 0.338 e. The Morgan fingerprint density at radius 1 is 0.956 bits per heavy atom. The molecule has 15 nitrogen and oxygen atoms in total. The highest BCUT2D eigenvalue weighted by Crippen LogP contribution is 2.55. The van der Waals surface area contributed by atoms with Gasteiger partial charge in [-0.1, -0.05) is 28.4 Å². The van der Waals surface area contributed by atoms with E-state index in [4.69, 9.17) is 18.9 Å². The Bertz CT molecular complexity index is 1500. The molecule has 2 aromatic rings. The first kappa shape index (κ1) is 32.4. The average Bonchev–Trinajstić information content (AvgIpc) is 3.49. The maximum absolute atomic E-state index is 13.0. The van der Waals surface area contributed by atoms with Gasteiger partial charge in [-0.05, 0) is 48.7 Å². The SMILES string of the molecule is C[C@@H]1O[C@@H](O[C@@H]2C[C@@H](N=[N+]=[N-])[C@H](OC(=O)c3ccccc3)C3(C2)SCCS3)C[C@H](N=[N+]=[N-])[C@H]1OC(=O)c1ccc([N+](=O)[O-])cc1. The molecule has 2 heterocycles. The summed E-state index contributed by atoms with van der Waals surface area (Å²) in [5.74, 6) is 0.386. The van der Waals surface area contributed by atoms with Gasteiger partial charge in [0.2, 0.25) is 0 Å². The summed E-state index contributed by atoms with van der Waals surface area (Å²) in [6.07, 6.45) is -2.84. The second kappa shape index (κ2) is 14.4. The number of ether oxygens (including phenoxy) is 4. The van der Waals surface area contributed by atoms with Crippen molar-refractivity contribution in [1.82, 2.24) is 0 Å². The van der Waals surface area contributed by atoms with E-state index >= 15 is 0 Å². The van der Waals surface area contributed by atoms with Gasteiger partial charge in [-0.25, -0.2) is 9.59 Å². The lowest BCUT2D eigenvalue weighted by Crippen LogP contribution is -2.55. The number of benzene rings is 2. The number of nitro groups is 1. The molecule has 2 aliphatic heterocycles. The van der Waals surface area contributed by atoms with Crippen molar-refractivity contribution in [2.24, 2.45) is 10.2 Å². The van der Waals surface area contributed by atoms with Crippen LogP contribution in [0.5, 0.6) is 0 Å². The Hall–Kier alpha value is -3.98. The van der Waals surface area contributed by atoms with Crippen LogP contribution in [0.1, 0.15) is 46.9 Å². The van der Waals surface area contributed by atoms with Gasteiger partial charge >= 0.3 is 11.9 Å². The Morgan fingerprint density at radius 3 is 2.22 bits per heavy atom. The van der Waals surface area contributed by atoms with Gasteiger partial charge in [0.05, 0.1) is 40.3 Å². The van der Waals surface area contributed by atoms with Crippen LogP contribution in [0.4, 0.5) is 5.69 Å². The Labute approximate surface area is 265 Å². The zero-order chi connectivity index (χ0) is 32.0. The number of azide groups is 2. The molecule has 0 aromatic heterocycles. The van der Waals surface area contributed by atoms with Crippen LogP contribution in [0.3, 0.4) is 0 Å². The van der Waals surface area contributed by atoms with Crippen molar-refractivity contribution in [3.05, 3.63) is 96.7 Å². The van der Waals surface area contributed by atoms with Crippen molar-refractivity contribution >= 4 is 41.1 Å². The highest BCUT2D eigenvalue weighted by Gasteiger charge is 2.55. The summed E-state index contributed by atoms with van der Waals surface area (Å²) in [5, 5.41) is 18.8. The zero-order valence-corrected chi connectivity index (χ0v) is 25.6. The van der Waals surface area contributed by atoms with Crippen LogP contribution < -0.4 is 0 Å². The van der Waals surface area contributed by atoms with Crippen LogP contribution >= 0.6 is 23.5 Å². The van der Waals surface area contributed by atoms with Gasteiger partial charge in [0.1, 0.15) is 16.3 Å². The van der Waals surface area contributed by atoms with E-state index in [1.54, 1.807) is 60.8 Å². The smallest absolute Gasteiger partial charge is 0.338 e. The minimum atomic E-state index is -0.945. The number of carbonyl (C=O) groups is 2. The first-order valence-electron chi connectivity index (χ1n) is 14.1. The van der Waals surface area contributed by atoms with E-state index in [9.17, 15) is 30.8 Å². The fourth-order valence-corrected chi connectivity index (χ4v) is 9.28. The molecular formula is C28H29N7O8S2. The van der Waals surface area contributed by atoms with E-state index in [1.807, 2.05) is 0 Å². The third-order valence-electron chi connectivity index (χ3n) is 7.76. The average molecular weight is 656 g/mol. The van der Waals surface area contributed by atoms with Gasteiger partial charge in [-0.3, -0.25) is 10.1 Å². The molecule has 0 unspecified atom stereocenters. The van der Waals surface area contributed by atoms with Crippen LogP contribution in [-0.4, -0.2) is 75.2 Å². The topological polar surface area (TPSA) is 212 Å². The highest BCUT2D eigenvalue weighted by molar-refractivity contribution is 8.21. The number of nitrogens with zero attached hydrogens (tertiary/aromatic N) is 7. The Balaban J connectivity index is 1.28. The van der Waals surface area contributed by atoms with Crippen LogP contribution in [0.15, 0.2) is 64.8 Å². The monoisotopic (exact) mass is 655 g/mol. The molecule has 0 N–H and O–H groups in total. The normalized spacial score (nSPS) is 28.7. The number of rotatable bonds is 9. The van der Waals surface area contributed by atoms with Gasteiger partial charge in [0, 0.05) is 46.3 Å². The summed E-state index contributed by atoms with van der Waals surface area (Å²) in [7, 11) is 0. The molecule has 7 atom stereocenters. The van der Waals surface area contributed by atoms with E-state index in [2.05, 4.69) is 20.1 Å². The van der Waals surface area contributed by atoms with E-state index < -0.39 is 63.7 Å². The number of non-ortho nitro benzene ring substituents is 1. The van der Waals surface area contributed by atoms with Crippen LogP contribution in [0.2, 0.25) is 0 Å². The number of carbonyl (C=O) groups excluding carboxylic acids is 2. The summed E-state index contributed by atoms with van der Waals surface area (Å²) < 4.78 is 23.5. The molecule has 1 saturated carbocycles. The maximum atomic E-state index is 13.0. The quantitative estimate of drug-likeness (QED) is 0.0745. The predicted octanol–water partition coefficient (Wildman–Crippen LogP) is 6.19. The van der Waals surface area contributed by atoms with Gasteiger partial charge in [-0.2, -0.15) is 0 Å². The minimum absolute atomic E-state index is 0.0784. The van der Waals surface area contributed by atoms with Crippen LogP contribution in [0.25, 0.3) is 20.9 Å². The van der Waals surface area contributed by atoms with Crippen molar-refractivity contribution < 1.29 is 33.5 Å². The predicted molar refractivity (Wildman–Crippen MR) is 165 cm³/mol. The summed E-state index contributed by atoms with van der Waals surface area (Å²) in [6, 6.07) is 12.1. The molecule has 45 heavy (non-hydrogen) atoms. The molecule has 2 saturated heterocycles. The van der Waals surface area contributed by atoms with Crippen molar-refractivity contribution in [3.8, 4) is 0 Å². The van der Waals surface area contributed by atoms with Crippen molar-refractivity contribution in [2.75, 3.05) is 11.5 Å². The standard InChI is InChI=1S/C28H29N7O8S2/c1-16-24(42-26(36)18-7-9-19(10-8-18)35(38)39)21(31-33-29)14-23(40-16)41-20-13-22(32-34-30)25(28(15-20)44-11-12-45-28)43-27(37)17-5-3-2-4-6-17/h2-10,16,20-25H,11-15H2,1H3/t16-,20+,21-,22+,23-,24-,25-/m0/s1. The summed E-state index contributed by atoms with van der Waals surface area (Å²) in [6.45, 7) is 1.66. The molecule has 17 heteroatoms. The van der Waals surface area contributed by atoms with E-state index in [0.29, 0.717) is 12.0 Å². The molecule has 236 valence electrons. The first-order chi connectivity index (χ1) is 21.7. The van der Waals surface area contributed by atoms with Gasteiger partial charge in [-0.15, -0.1) is 23.5 Å². The number of hydrogen-bond acceptors (Lipinski definition) is 12. The molecule has 5 rings (SSSR count). The molecule has 1 aliphatic carbocycles. The Kier molecular flexibility index (Phi) is 10.4. The fraction of sp³-hybridized carbons (Fsp3) is 0.500. The van der Waals surface area contributed by atoms with Gasteiger partial charge in [0.15, 0.2) is 6.29 Å². The van der Waals surface area contributed by atoms with E-state index in [1.165, 1.54) is 24.3 Å². The molecule has 1 spiro atoms. The molecule has 2 aromatic carbocycles. The zero-order valence-electron chi connectivity index (χ0n) is 24.0. The first-order valence-corrected chi connectivity index (χ1v) is 16.1. The summed E-state index contributed by atoms with van der Waals surface area (Å²) >= 11 is 3.29. The third-order valence-corrected chi connectivity index (χ3v) is 11.3. The van der Waals surface area contributed by atoms with Crippen LogP contribution in [0, 0.1) is 10.1 Å². The number of thioether (sulfide) groups is 2. The lowest BCUT2D eigenvalue weighted by molar-refractivity contribution is -0.384. The summed E-state index contributed by atoms with van der Waals surface area (Å²) in [5.41, 5.74) is 19.0. The molecular weight excluding hydrogens is 626 g/mol. The third kappa shape index (κ3) is 7.47. The summed E-state index contributed by atoms with van der Waals surface area (Å²) in [4.78, 5) is 42.2. The lowest BCUT2D eigenvalue weighted by atomic mass is 9.89. The second-order valence-electron chi connectivity index (χ2n) is 10.6. The molecule has 0 radical (unpaired) electrons. The molecule has 3 aliphatic rings. The molecule has 0 bridgehead atoms. The van der Waals surface area contributed by atoms with Crippen molar-refractivity contribution in [2.45, 2.75) is 73.1 Å². The Morgan fingerprint density at radius 2 is 1.58 bits per heavy atom. The molecule has 3 fully saturated rings. The number of nitro benzene ring substituents is 1. The fourth-order valence-electron chi connectivity index (χ4n) is 5.74. The van der Waals surface area contributed by atoms with Crippen molar-refractivity contribution in [3.63, 3.8) is 0 Å². The minimum Gasteiger partial charge on any atom is -0.456 e. The second-order valence-corrected chi connectivity index (χ2v) is 13.7. The van der Waals surface area contributed by atoms with Gasteiger partial charge in [0.25, 0.3) is 5.69 Å². The van der Waals surface area contributed by atoms with Gasteiger partial charge < -0.3 is 18.9 Å². The van der Waals surface area contributed by atoms with E-state index in [0.717, 1.165) is 11.5 Å². The number of esters is 2. The van der Waals surface area contributed by atoms with Crippen LogP contribution in [-0.2, 0) is 18.9 Å². The van der Waals surface area contributed by atoms with Crippen molar-refractivity contribution in [1.29, 1.82) is 0 Å². The lowest BCUT2D eigenvalue weighted by Gasteiger charge is -2.47. The number of hydrogen-bond donors (Lipinski definition) is 0.